The first-order valence-electron chi connectivity index (χ1n) is 11.4. The molecule has 1 saturated heterocycles. The second-order valence-electron chi connectivity index (χ2n) is 7.88. The van der Waals surface area contributed by atoms with Gasteiger partial charge in [0.2, 0.25) is 0 Å². The highest BCUT2D eigenvalue weighted by Gasteiger charge is 2.37. The normalized spacial score (nSPS) is 14.3. The van der Waals surface area contributed by atoms with Crippen LogP contribution in [-0.4, -0.2) is 37.0 Å². The molecule has 194 valence electrons. The summed E-state index contributed by atoms with van der Waals surface area (Å²) < 4.78 is 24.8. The number of para-hydroxylation sites is 1. The summed E-state index contributed by atoms with van der Waals surface area (Å²) in [4.78, 5) is 51.4. The van der Waals surface area contributed by atoms with Gasteiger partial charge < -0.3 is 14.8 Å². The molecule has 0 bridgehead atoms. The van der Waals surface area contributed by atoms with Crippen LogP contribution in [0, 0.1) is 5.82 Å². The first-order chi connectivity index (χ1) is 18.3. The van der Waals surface area contributed by atoms with Gasteiger partial charge in [-0.15, -0.1) is 0 Å². The van der Waals surface area contributed by atoms with Gasteiger partial charge in [-0.05, 0) is 67.6 Å². The number of ether oxygens (including phenoxy) is 2. The highest BCUT2D eigenvalue weighted by Crippen LogP contribution is 2.29. The van der Waals surface area contributed by atoms with Gasteiger partial charge in [0.1, 0.15) is 22.9 Å². The van der Waals surface area contributed by atoms with E-state index in [1.807, 2.05) is 6.92 Å². The van der Waals surface area contributed by atoms with Crippen LogP contribution in [0.4, 0.5) is 20.6 Å². The predicted molar refractivity (Wildman–Crippen MR) is 139 cm³/mol. The number of nitrogens with one attached hydrogen (secondary N) is 2. The van der Waals surface area contributed by atoms with Crippen molar-refractivity contribution in [3.63, 3.8) is 0 Å². The summed E-state index contributed by atoms with van der Waals surface area (Å²) in [6.07, 6.45) is 1.21. The minimum atomic E-state index is -0.912. The zero-order valence-electron chi connectivity index (χ0n) is 20.0. The van der Waals surface area contributed by atoms with Crippen molar-refractivity contribution in [2.75, 3.05) is 23.4 Å². The van der Waals surface area contributed by atoms with Crippen molar-refractivity contribution in [3.8, 4) is 11.5 Å². The first-order valence-corrected chi connectivity index (χ1v) is 11.8. The zero-order chi connectivity index (χ0) is 27.2. The van der Waals surface area contributed by atoms with E-state index >= 15 is 0 Å². The molecule has 0 saturated carbocycles. The second-order valence-corrected chi connectivity index (χ2v) is 8.32. The molecule has 0 unspecified atom stereocenters. The maximum absolute atomic E-state index is 13.8. The van der Waals surface area contributed by atoms with Crippen LogP contribution in [0.25, 0.3) is 6.08 Å². The topological polar surface area (TPSA) is 114 Å². The molecule has 1 heterocycles. The van der Waals surface area contributed by atoms with Gasteiger partial charge in [0.15, 0.2) is 6.61 Å². The van der Waals surface area contributed by atoms with E-state index in [1.165, 1.54) is 54.6 Å². The van der Waals surface area contributed by atoms with Crippen molar-refractivity contribution in [1.82, 2.24) is 5.32 Å². The Kier molecular flexibility index (Phi) is 8.03. The summed E-state index contributed by atoms with van der Waals surface area (Å²) in [5.74, 6) is -2.35. The molecule has 4 rings (SSSR count). The second kappa shape index (κ2) is 11.6. The Bertz CT molecular complexity index is 1440. The van der Waals surface area contributed by atoms with Gasteiger partial charge in [0.05, 0.1) is 18.0 Å². The van der Waals surface area contributed by atoms with Gasteiger partial charge >= 0.3 is 6.03 Å². The molecule has 3 aromatic carbocycles. The fraction of sp³-hybridized carbons (Fsp3) is 0.111. The van der Waals surface area contributed by atoms with E-state index in [9.17, 15) is 23.6 Å². The zero-order valence-corrected chi connectivity index (χ0v) is 20.8. The average molecular weight is 538 g/mol. The van der Waals surface area contributed by atoms with Crippen LogP contribution >= 0.6 is 11.6 Å². The quantitative estimate of drug-likeness (QED) is 0.321. The number of carbonyl (C=O) groups excluding carboxylic acids is 4. The van der Waals surface area contributed by atoms with Crippen LogP contribution in [-0.2, 0) is 14.4 Å². The molecule has 1 aliphatic rings. The van der Waals surface area contributed by atoms with E-state index in [4.69, 9.17) is 21.1 Å². The van der Waals surface area contributed by atoms with Crippen molar-refractivity contribution in [1.29, 1.82) is 0 Å². The first kappa shape index (κ1) is 26.4. The Balaban J connectivity index is 1.57. The number of anilines is 2. The number of rotatable bonds is 8. The molecule has 0 spiro atoms. The molecular formula is C27H21ClFN3O6. The summed E-state index contributed by atoms with van der Waals surface area (Å²) >= 11 is 6.12. The van der Waals surface area contributed by atoms with Gasteiger partial charge in [-0.3, -0.25) is 19.7 Å². The highest BCUT2D eigenvalue weighted by atomic mass is 35.5. The molecule has 0 atom stereocenters. The third kappa shape index (κ3) is 5.98. The summed E-state index contributed by atoms with van der Waals surface area (Å²) in [5, 5.41) is 4.80. The minimum Gasteiger partial charge on any atom is -0.494 e. The lowest BCUT2D eigenvalue weighted by atomic mass is 10.1. The summed E-state index contributed by atoms with van der Waals surface area (Å²) in [5.41, 5.74) is 0.0573. The molecular weight excluding hydrogens is 517 g/mol. The lowest BCUT2D eigenvalue weighted by molar-refractivity contribution is -0.122. The number of halogens is 2. The van der Waals surface area contributed by atoms with Gasteiger partial charge in [-0.1, -0.05) is 23.7 Å². The van der Waals surface area contributed by atoms with Crippen LogP contribution < -0.4 is 25.0 Å². The number of hydrogen-bond donors (Lipinski definition) is 2. The summed E-state index contributed by atoms with van der Waals surface area (Å²) in [7, 11) is 0. The molecule has 2 N–H and O–H groups in total. The number of carbonyl (C=O) groups is 4. The van der Waals surface area contributed by atoms with E-state index in [1.54, 1.807) is 18.2 Å². The maximum atomic E-state index is 13.8. The lowest BCUT2D eigenvalue weighted by Crippen LogP contribution is -2.54. The van der Waals surface area contributed by atoms with Gasteiger partial charge in [-0.25, -0.2) is 14.1 Å². The van der Waals surface area contributed by atoms with Crippen molar-refractivity contribution in [2.45, 2.75) is 6.92 Å². The standard InChI is InChI=1S/C27H21ClFN3O6/c1-2-37-19-10-8-18(9-11-19)32-26(35)20(25(34)31-27(32)36)14-16-13-17(28)7-12-23(16)38-15-24(33)30-22-6-4-3-5-21(22)29/h3-14H,2,15H2,1H3,(H,30,33)(H,31,34,36)/b20-14+. The van der Waals surface area contributed by atoms with E-state index in [2.05, 4.69) is 10.6 Å². The number of benzene rings is 3. The Morgan fingerprint density at radius 2 is 1.79 bits per heavy atom. The molecule has 1 aliphatic heterocycles. The third-order valence-electron chi connectivity index (χ3n) is 5.29. The molecule has 0 aliphatic carbocycles. The van der Waals surface area contributed by atoms with Gasteiger partial charge in [0.25, 0.3) is 17.7 Å². The molecule has 0 aromatic heterocycles. The third-order valence-corrected chi connectivity index (χ3v) is 5.52. The highest BCUT2D eigenvalue weighted by molar-refractivity contribution is 6.39. The van der Waals surface area contributed by atoms with Crippen LogP contribution in [0.15, 0.2) is 72.3 Å². The Labute approximate surface area is 221 Å². The van der Waals surface area contributed by atoms with Crippen LogP contribution in [0.3, 0.4) is 0 Å². The number of hydrogen-bond acceptors (Lipinski definition) is 6. The number of barbiturate groups is 1. The molecule has 5 amide bonds. The fourth-order valence-corrected chi connectivity index (χ4v) is 3.74. The SMILES string of the molecule is CCOc1ccc(N2C(=O)NC(=O)/C(=C\c3cc(Cl)ccc3OCC(=O)Nc3ccccc3F)C2=O)cc1. The Morgan fingerprint density at radius 1 is 1.05 bits per heavy atom. The molecule has 11 heteroatoms. The fourth-order valence-electron chi connectivity index (χ4n) is 3.56. The van der Waals surface area contributed by atoms with E-state index in [-0.39, 0.29) is 33.3 Å². The van der Waals surface area contributed by atoms with Gasteiger partial charge in [-0.2, -0.15) is 0 Å². The summed E-state index contributed by atoms with van der Waals surface area (Å²) in [6, 6.07) is 15.3. The van der Waals surface area contributed by atoms with Gasteiger partial charge in [0, 0.05) is 10.6 Å². The van der Waals surface area contributed by atoms with Crippen molar-refractivity contribution >= 4 is 52.8 Å². The number of nitrogens with zero attached hydrogens (tertiary/aromatic N) is 1. The molecule has 0 radical (unpaired) electrons. The molecule has 9 nitrogen and oxygen atoms in total. The lowest BCUT2D eigenvalue weighted by Gasteiger charge is -2.26. The minimum absolute atomic E-state index is 0.0110. The number of imide groups is 2. The largest absolute Gasteiger partial charge is 0.494 e. The Morgan fingerprint density at radius 3 is 2.50 bits per heavy atom. The average Bonchev–Trinajstić information content (AvgIpc) is 2.88. The number of amides is 5. The van der Waals surface area contributed by atoms with E-state index in [0.717, 1.165) is 4.90 Å². The molecule has 38 heavy (non-hydrogen) atoms. The maximum Gasteiger partial charge on any atom is 0.335 e. The van der Waals surface area contributed by atoms with Crippen molar-refractivity contribution in [2.24, 2.45) is 0 Å². The van der Waals surface area contributed by atoms with E-state index < -0.39 is 36.2 Å². The van der Waals surface area contributed by atoms with Crippen LogP contribution in [0.2, 0.25) is 5.02 Å². The predicted octanol–water partition coefficient (Wildman–Crippen LogP) is 4.56. The van der Waals surface area contributed by atoms with Crippen LogP contribution in [0.1, 0.15) is 12.5 Å². The van der Waals surface area contributed by atoms with E-state index in [0.29, 0.717) is 12.4 Å². The monoisotopic (exact) mass is 537 g/mol. The summed E-state index contributed by atoms with van der Waals surface area (Å²) in [6.45, 7) is 1.77. The van der Waals surface area contributed by atoms with Crippen molar-refractivity contribution in [3.05, 3.63) is 88.7 Å². The number of urea groups is 1. The molecule has 3 aromatic rings. The van der Waals surface area contributed by atoms with Crippen LogP contribution in [0.5, 0.6) is 11.5 Å². The smallest absolute Gasteiger partial charge is 0.335 e. The molecule has 1 fully saturated rings. The Hall–Kier alpha value is -4.70. The van der Waals surface area contributed by atoms with Crippen molar-refractivity contribution < 1.29 is 33.0 Å².